The third kappa shape index (κ3) is 2.20. The first kappa shape index (κ1) is 11.8. The van der Waals surface area contributed by atoms with Gasteiger partial charge in [-0.2, -0.15) is 24.7 Å². The van der Waals surface area contributed by atoms with Gasteiger partial charge in [0.05, 0.1) is 0 Å². The first-order valence-corrected chi connectivity index (χ1v) is 6.29. The van der Waals surface area contributed by atoms with E-state index in [1.54, 1.807) is 13.4 Å². The van der Waals surface area contributed by atoms with Crippen LogP contribution < -0.4 is 10.2 Å². The number of nitrogens with one attached hydrogen (secondary N) is 1. The molecule has 19 heavy (non-hydrogen) atoms. The summed E-state index contributed by atoms with van der Waals surface area (Å²) in [5, 5.41) is 7.00. The van der Waals surface area contributed by atoms with Crippen LogP contribution in [0.1, 0.15) is 19.3 Å². The van der Waals surface area contributed by atoms with Crippen LogP contribution in [0.5, 0.6) is 0 Å². The maximum Gasteiger partial charge on any atom is 0.258 e. The average molecular weight is 260 g/mol. The van der Waals surface area contributed by atoms with Crippen molar-refractivity contribution in [3.63, 3.8) is 0 Å². The molecular weight excluding hydrogens is 244 g/mol. The SMILES string of the molecule is CNc1nc(N(C)C2CCC2)nc(-n2cncn2)n1. The van der Waals surface area contributed by atoms with Gasteiger partial charge in [-0.05, 0) is 19.3 Å². The molecule has 0 radical (unpaired) electrons. The zero-order chi connectivity index (χ0) is 13.2. The van der Waals surface area contributed by atoms with Gasteiger partial charge in [0, 0.05) is 20.1 Å². The lowest BCUT2D eigenvalue weighted by molar-refractivity contribution is 0.397. The zero-order valence-corrected chi connectivity index (χ0v) is 11.0. The van der Waals surface area contributed by atoms with Gasteiger partial charge >= 0.3 is 0 Å². The predicted octanol–water partition coefficient (Wildman–Crippen LogP) is 0.483. The summed E-state index contributed by atoms with van der Waals surface area (Å²) in [4.78, 5) is 19.1. The van der Waals surface area contributed by atoms with E-state index >= 15 is 0 Å². The van der Waals surface area contributed by atoms with Gasteiger partial charge in [-0.25, -0.2) is 4.98 Å². The summed E-state index contributed by atoms with van der Waals surface area (Å²) in [6.07, 6.45) is 6.68. The monoisotopic (exact) mass is 260 g/mol. The first-order valence-electron chi connectivity index (χ1n) is 6.29. The number of anilines is 2. The lowest BCUT2D eigenvalue weighted by Gasteiger charge is -2.34. The largest absolute Gasteiger partial charge is 0.357 e. The third-order valence-corrected chi connectivity index (χ3v) is 3.40. The molecule has 0 atom stereocenters. The molecule has 100 valence electrons. The molecule has 0 unspecified atom stereocenters. The number of nitrogens with zero attached hydrogens (tertiary/aromatic N) is 7. The van der Waals surface area contributed by atoms with Gasteiger partial charge in [0.25, 0.3) is 5.95 Å². The minimum Gasteiger partial charge on any atom is -0.357 e. The summed E-state index contributed by atoms with van der Waals surface area (Å²) in [5.41, 5.74) is 0. The Morgan fingerprint density at radius 2 is 2.16 bits per heavy atom. The lowest BCUT2D eigenvalue weighted by Crippen LogP contribution is -2.38. The molecule has 2 aromatic heterocycles. The molecule has 1 aliphatic rings. The Labute approximate surface area is 110 Å². The van der Waals surface area contributed by atoms with E-state index in [4.69, 9.17) is 0 Å². The highest BCUT2D eigenvalue weighted by molar-refractivity contribution is 5.40. The predicted molar refractivity (Wildman–Crippen MR) is 70.3 cm³/mol. The fourth-order valence-electron chi connectivity index (χ4n) is 1.97. The van der Waals surface area contributed by atoms with Crippen LogP contribution in [0.4, 0.5) is 11.9 Å². The zero-order valence-electron chi connectivity index (χ0n) is 11.0. The number of hydrogen-bond donors (Lipinski definition) is 1. The number of rotatable bonds is 4. The molecule has 3 rings (SSSR count). The molecule has 2 heterocycles. The quantitative estimate of drug-likeness (QED) is 0.855. The summed E-state index contributed by atoms with van der Waals surface area (Å²) in [5.74, 6) is 1.66. The molecule has 2 aromatic rings. The Hall–Kier alpha value is -2.25. The molecule has 0 aliphatic heterocycles. The van der Waals surface area contributed by atoms with Crippen LogP contribution in [-0.2, 0) is 0 Å². The van der Waals surface area contributed by atoms with Gasteiger partial charge in [-0.1, -0.05) is 0 Å². The molecule has 0 aromatic carbocycles. The van der Waals surface area contributed by atoms with Crippen molar-refractivity contribution >= 4 is 11.9 Å². The van der Waals surface area contributed by atoms with Crippen molar-refractivity contribution in [1.29, 1.82) is 0 Å². The van der Waals surface area contributed by atoms with Crippen molar-refractivity contribution < 1.29 is 0 Å². The fourth-order valence-corrected chi connectivity index (χ4v) is 1.97. The molecule has 1 saturated carbocycles. The standard InChI is InChI=1S/C11H16N8/c1-12-9-15-10(18(2)8-4-3-5-8)17-11(16-9)19-7-13-6-14-19/h6-8H,3-5H2,1-2H3,(H,12,15,16,17). The van der Waals surface area contributed by atoms with Crippen molar-refractivity contribution in [2.45, 2.75) is 25.3 Å². The highest BCUT2D eigenvalue weighted by Gasteiger charge is 2.24. The summed E-state index contributed by atoms with van der Waals surface area (Å²) >= 11 is 0. The van der Waals surface area contributed by atoms with E-state index < -0.39 is 0 Å². The van der Waals surface area contributed by atoms with Crippen molar-refractivity contribution in [2.75, 3.05) is 24.3 Å². The van der Waals surface area contributed by atoms with Gasteiger partial charge in [-0.15, -0.1) is 0 Å². The van der Waals surface area contributed by atoms with Crippen LogP contribution in [-0.4, -0.2) is 49.9 Å². The van der Waals surface area contributed by atoms with Crippen LogP contribution in [0, 0.1) is 0 Å². The summed E-state index contributed by atoms with van der Waals surface area (Å²) in [7, 11) is 3.80. The van der Waals surface area contributed by atoms with Crippen molar-refractivity contribution in [3.8, 4) is 5.95 Å². The Morgan fingerprint density at radius 3 is 2.74 bits per heavy atom. The molecule has 1 N–H and O–H groups in total. The van der Waals surface area contributed by atoms with Crippen LogP contribution >= 0.6 is 0 Å². The maximum atomic E-state index is 4.45. The topological polar surface area (TPSA) is 84.7 Å². The van der Waals surface area contributed by atoms with E-state index in [9.17, 15) is 0 Å². The van der Waals surface area contributed by atoms with Crippen LogP contribution in [0.2, 0.25) is 0 Å². The number of hydrogen-bond acceptors (Lipinski definition) is 7. The van der Waals surface area contributed by atoms with Crippen molar-refractivity contribution in [3.05, 3.63) is 12.7 Å². The second-order valence-corrected chi connectivity index (χ2v) is 4.54. The highest BCUT2D eigenvalue weighted by atomic mass is 15.4. The summed E-state index contributed by atoms with van der Waals surface area (Å²) in [6, 6.07) is 0.524. The van der Waals surface area contributed by atoms with Gasteiger partial charge < -0.3 is 10.2 Å². The van der Waals surface area contributed by atoms with E-state index in [2.05, 4.69) is 35.3 Å². The van der Waals surface area contributed by atoms with Crippen LogP contribution in [0.25, 0.3) is 5.95 Å². The van der Waals surface area contributed by atoms with Crippen LogP contribution in [0.15, 0.2) is 12.7 Å². The van der Waals surface area contributed by atoms with Crippen molar-refractivity contribution in [1.82, 2.24) is 29.7 Å². The Balaban J connectivity index is 1.97. The molecular formula is C11H16N8. The molecule has 8 heteroatoms. The lowest BCUT2D eigenvalue weighted by atomic mass is 9.92. The highest BCUT2D eigenvalue weighted by Crippen LogP contribution is 2.26. The van der Waals surface area contributed by atoms with E-state index in [0.29, 0.717) is 23.9 Å². The smallest absolute Gasteiger partial charge is 0.258 e. The second-order valence-electron chi connectivity index (χ2n) is 4.54. The molecule has 0 saturated heterocycles. The summed E-state index contributed by atoms with van der Waals surface area (Å²) in [6.45, 7) is 0. The van der Waals surface area contributed by atoms with E-state index in [1.165, 1.54) is 30.3 Å². The molecule has 0 bridgehead atoms. The van der Waals surface area contributed by atoms with Gasteiger partial charge in [0.1, 0.15) is 12.7 Å². The maximum absolute atomic E-state index is 4.45. The minimum absolute atomic E-state index is 0.470. The Morgan fingerprint density at radius 1 is 1.32 bits per heavy atom. The van der Waals surface area contributed by atoms with Gasteiger partial charge in [0.15, 0.2) is 0 Å². The molecule has 1 fully saturated rings. The minimum atomic E-state index is 0.470. The average Bonchev–Trinajstić information content (AvgIpc) is 2.90. The third-order valence-electron chi connectivity index (χ3n) is 3.40. The molecule has 0 amide bonds. The molecule has 8 nitrogen and oxygen atoms in total. The molecule has 1 aliphatic carbocycles. The van der Waals surface area contributed by atoms with Crippen LogP contribution in [0.3, 0.4) is 0 Å². The second kappa shape index (κ2) is 4.79. The van der Waals surface area contributed by atoms with E-state index in [0.717, 1.165) is 0 Å². The van der Waals surface area contributed by atoms with E-state index in [-0.39, 0.29) is 0 Å². The van der Waals surface area contributed by atoms with E-state index in [1.807, 2.05) is 7.05 Å². The molecule has 0 spiro atoms. The van der Waals surface area contributed by atoms with Gasteiger partial charge in [-0.3, -0.25) is 0 Å². The van der Waals surface area contributed by atoms with Crippen molar-refractivity contribution in [2.24, 2.45) is 0 Å². The number of aromatic nitrogens is 6. The Bertz CT molecular complexity index is 548. The normalized spacial score (nSPS) is 15.1. The Kier molecular flexibility index (Phi) is 2.98. The summed E-state index contributed by atoms with van der Waals surface area (Å²) < 4.78 is 1.53. The van der Waals surface area contributed by atoms with Gasteiger partial charge in [0.2, 0.25) is 11.9 Å². The first-order chi connectivity index (χ1) is 9.28. The fraction of sp³-hybridized carbons (Fsp3) is 0.545.